The van der Waals surface area contributed by atoms with Crippen molar-refractivity contribution >= 4 is 33.8 Å². The highest BCUT2D eigenvalue weighted by molar-refractivity contribution is 7.17. The van der Waals surface area contributed by atoms with Crippen LogP contribution in [0.1, 0.15) is 53.5 Å². The number of anilines is 2. The predicted molar refractivity (Wildman–Crippen MR) is 145 cm³/mol. The Balaban J connectivity index is 1.29. The van der Waals surface area contributed by atoms with E-state index < -0.39 is 12.5 Å². The molecule has 1 fully saturated rings. The lowest BCUT2D eigenvalue weighted by Crippen LogP contribution is -2.24. The number of ether oxygens (including phenoxy) is 2. The molecule has 37 heavy (non-hydrogen) atoms. The van der Waals surface area contributed by atoms with Gasteiger partial charge in [0.05, 0.1) is 23.7 Å². The first-order chi connectivity index (χ1) is 17.9. The number of ketones is 1. The van der Waals surface area contributed by atoms with E-state index in [0.29, 0.717) is 28.7 Å². The van der Waals surface area contributed by atoms with Crippen LogP contribution in [0.15, 0.2) is 48.5 Å². The van der Waals surface area contributed by atoms with Crippen molar-refractivity contribution in [3.8, 4) is 11.5 Å². The van der Waals surface area contributed by atoms with Gasteiger partial charge in [-0.25, -0.2) is 4.98 Å². The number of amides is 1. The summed E-state index contributed by atoms with van der Waals surface area (Å²) in [6.45, 7) is 7.55. The minimum atomic E-state index is -0.625. The average molecular weight is 524 g/mol. The van der Waals surface area contributed by atoms with Gasteiger partial charge in [0, 0.05) is 25.1 Å². The summed E-state index contributed by atoms with van der Waals surface area (Å²) in [4.78, 5) is 31.3. The number of nitrogens with one attached hydrogen (secondary N) is 1. The van der Waals surface area contributed by atoms with E-state index in [1.165, 1.54) is 5.69 Å². The number of nitrogens with zero attached hydrogens (tertiary/aromatic N) is 2. The summed E-state index contributed by atoms with van der Waals surface area (Å²) < 4.78 is 11.8. The Morgan fingerprint density at radius 3 is 2.54 bits per heavy atom. The Morgan fingerprint density at radius 1 is 1.16 bits per heavy atom. The highest BCUT2D eigenvalue weighted by Gasteiger charge is 2.25. The van der Waals surface area contributed by atoms with Crippen molar-refractivity contribution < 1.29 is 24.2 Å². The molecule has 4 rings (SSSR count). The minimum Gasteiger partial charge on any atom is -0.494 e. The van der Waals surface area contributed by atoms with Crippen molar-refractivity contribution in [2.45, 2.75) is 45.6 Å². The molecule has 2 heterocycles. The fourth-order valence-electron chi connectivity index (χ4n) is 4.40. The molecule has 1 aliphatic heterocycles. The number of aryl methyl sites for hydroxylation is 1. The largest absolute Gasteiger partial charge is 0.494 e. The highest BCUT2D eigenvalue weighted by Crippen LogP contribution is 2.30. The van der Waals surface area contributed by atoms with Crippen molar-refractivity contribution in [2.24, 2.45) is 0 Å². The number of aromatic nitrogens is 1. The smallest absolute Gasteiger partial charge is 0.251 e. The van der Waals surface area contributed by atoms with Crippen LogP contribution in [-0.2, 0) is 4.79 Å². The van der Waals surface area contributed by atoms with Gasteiger partial charge in [-0.2, -0.15) is 0 Å². The van der Waals surface area contributed by atoms with E-state index in [9.17, 15) is 9.59 Å². The zero-order valence-corrected chi connectivity index (χ0v) is 22.2. The molecular formula is C28H33N3O5S. The van der Waals surface area contributed by atoms with Crippen LogP contribution < -0.4 is 19.7 Å². The van der Waals surface area contributed by atoms with Gasteiger partial charge in [-0.3, -0.25) is 14.9 Å². The second-order valence-electron chi connectivity index (χ2n) is 9.14. The first kappa shape index (κ1) is 26.6. The minimum absolute atomic E-state index is 0.0140. The van der Waals surface area contributed by atoms with E-state index in [2.05, 4.69) is 27.3 Å². The molecule has 1 aromatic heterocycles. The van der Waals surface area contributed by atoms with E-state index >= 15 is 0 Å². The summed E-state index contributed by atoms with van der Waals surface area (Å²) in [6, 6.07) is 16.1. The molecule has 0 aliphatic carbocycles. The Bertz CT molecular complexity index is 1210. The first-order valence-corrected chi connectivity index (χ1v) is 13.3. The summed E-state index contributed by atoms with van der Waals surface area (Å²) in [6.07, 6.45) is 1.40. The van der Waals surface area contributed by atoms with Crippen LogP contribution >= 0.6 is 11.3 Å². The quantitative estimate of drug-likeness (QED) is 0.348. The fourth-order valence-corrected chi connectivity index (χ4v) is 5.33. The number of benzene rings is 2. The third-order valence-corrected chi connectivity index (χ3v) is 7.46. The van der Waals surface area contributed by atoms with Crippen LogP contribution in [0.4, 0.5) is 10.8 Å². The number of Topliss-reactive ketones (excluding diaryl/α,β-unsaturated/α-hetero) is 1. The number of carbonyl (C=O) groups is 2. The summed E-state index contributed by atoms with van der Waals surface area (Å²) in [5.74, 6) is 1.15. The summed E-state index contributed by atoms with van der Waals surface area (Å²) >= 11 is 1.14. The van der Waals surface area contributed by atoms with Crippen LogP contribution in [0.2, 0.25) is 0 Å². The van der Waals surface area contributed by atoms with E-state index in [1.807, 2.05) is 50.2 Å². The molecule has 3 aromatic rings. The molecule has 1 saturated heterocycles. The third kappa shape index (κ3) is 6.87. The number of aliphatic hydroxyl groups is 1. The molecule has 0 spiro atoms. The van der Waals surface area contributed by atoms with Gasteiger partial charge in [0.1, 0.15) is 24.2 Å². The molecule has 2 atom stereocenters. The number of hydrogen-bond acceptors (Lipinski definition) is 8. The Kier molecular flexibility index (Phi) is 8.78. The molecule has 2 N–H and O–H groups in total. The molecule has 9 heteroatoms. The van der Waals surface area contributed by atoms with Gasteiger partial charge in [0.2, 0.25) is 0 Å². The van der Waals surface area contributed by atoms with Crippen LogP contribution in [0, 0.1) is 6.92 Å². The van der Waals surface area contributed by atoms with E-state index in [4.69, 9.17) is 14.6 Å². The molecule has 1 aliphatic rings. The summed E-state index contributed by atoms with van der Waals surface area (Å²) in [5.41, 5.74) is 2.80. The van der Waals surface area contributed by atoms with Gasteiger partial charge in [0.25, 0.3) is 5.91 Å². The Morgan fingerprint density at radius 2 is 1.86 bits per heavy atom. The van der Waals surface area contributed by atoms with Crippen LogP contribution in [-0.4, -0.2) is 54.2 Å². The third-order valence-electron chi connectivity index (χ3n) is 6.34. The Labute approximate surface area is 221 Å². The zero-order valence-electron chi connectivity index (χ0n) is 21.4. The average Bonchev–Trinajstić information content (AvgIpc) is 3.51. The monoisotopic (exact) mass is 523 g/mol. The molecule has 196 valence electrons. The van der Waals surface area contributed by atoms with Gasteiger partial charge in [-0.1, -0.05) is 30.4 Å². The lowest BCUT2D eigenvalue weighted by Gasteiger charge is -2.19. The van der Waals surface area contributed by atoms with E-state index in [0.717, 1.165) is 47.9 Å². The van der Waals surface area contributed by atoms with Gasteiger partial charge in [-0.05, 0) is 61.7 Å². The van der Waals surface area contributed by atoms with Gasteiger partial charge in [0.15, 0.2) is 10.9 Å². The van der Waals surface area contributed by atoms with Crippen molar-refractivity contribution in [1.29, 1.82) is 0 Å². The van der Waals surface area contributed by atoms with Gasteiger partial charge >= 0.3 is 0 Å². The second-order valence-corrected chi connectivity index (χ2v) is 10.1. The topological polar surface area (TPSA) is 101 Å². The highest BCUT2D eigenvalue weighted by atomic mass is 32.1. The molecule has 0 unspecified atom stereocenters. The lowest BCUT2D eigenvalue weighted by atomic mass is 9.95. The second kappa shape index (κ2) is 12.2. The molecule has 0 saturated carbocycles. The molecule has 0 bridgehead atoms. The summed E-state index contributed by atoms with van der Waals surface area (Å²) in [7, 11) is 0. The van der Waals surface area contributed by atoms with Gasteiger partial charge in [-0.15, -0.1) is 0 Å². The first-order valence-electron chi connectivity index (χ1n) is 12.5. The van der Waals surface area contributed by atoms with Crippen LogP contribution in [0.25, 0.3) is 0 Å². The molecule has 1 amide bonds. The van der Waals surface area contributed by atoms with Crippen LogP contribution in [0.5, 0.6) is 11.5 Å². The maximum absolute atomic E-state index is 12.9. The molecule has 2 aromatic carbocycles. The number of thiazole rings is 1. The number of rotatable bonds is 11. The fraction of sp³-hybridized carbons (Fsp3) is 0.393. The van der Waals surface area contributed by atoms with Gasteiger partial charge < -0.3 is 19.5 Å². The van der Waals surface area contributed by atoms with E-state index in [-0.39, 0.29) is 17.8 Å². The number of aliphatic hydroxyl groups excluding tert-OH is 1. The molecular weight excluding hydrogens is 490 g/mol. The normalized spacial score (nSPS) is 15.9. The van der Waals surface area contributed by atoms with Crippen molar-refractivity contribution in [3.05, 3.63) is 64.7 Å². The van der Waals surface area contributed by atoms with Crippen molar-refractivity contribution in [2.75, 3.05) is 36.5 Å². The molecule has 0 radical (unpaired) electrons. The lowest BCUT2D eigenvalue weighted by molar-refractivity contribution is -0.118. The molecule has 8 nitrogen and oxygen atoms in total. The number of hydrogen-bond donors (Lipinski definition) is 2. The SMILES string of the molecule is CCOc1ccc(N2CC[C@@H](Oc3ccc([C@H](C)CC(=O)c4sc(NC(=O)CO)nc4C)cc3)C2)cc1. The maximum Gasteiger partial charge on any atom is 0.251 e. The zero-order chi connectivity index (χ0) is 26.4. The standard InChI is InChI=1S/C28H33N3O5S/c1-4-35-22-11-7-21(8-12-22)31-14-13-24(16-31)36-23-9-5-20(6-10-23)18(2)15-25(33)27-19(3)29-28(37-27)30-26(34)17-32/h5-12,18,24,32H,4,13-17H2,1-3H3,(H,29,30,34)/t18-,24-/m1/s1. The summed E-state index contributed by atoms with van der Waals surface area (Å²) in [5, 5.41) is 11.7. The van der Waals surface area contributed by atoms with Crippen molar-refractivity contribution in [1.82, 2.24) is 4.98 Å². The Hall–Kier alpha value is -3.43. The van der Waals surface area contributed by atoms with E-state index in [1.54, 1.807) is 6.92 Å². The predicted octanol–water partition coefficient (Wildman–Crippen LogP) is 4.82. The van der Waals surface area contributed by atoms with Crippen LogP contribution in [0.3, 0.4) is 0 Å². The van der Waals surface area contributed by atoms with Crippen molar-refractivity contribution in [3.63, 3.8) is 0 Å². The number of carbonyl (C=O) groups excluding carboxylic acids is 2. The maximum atomic E-state index is 12.9.